The number of halogens is 1. The second kappa shape index (κ2) is 5.74. The van der Waals surface area contributed by atoms with Crippen LogP contribution in [0.25, 0.3) is 0 Å². The average Bonchev–Trinajstić information content (AvgIpc) is 2.36. The van der Waals surface area contributed by atoms with Gasteiger partial charge in [-0.15, -0.1) is 0 Å². The molecule has 100 valence electrons. The number of hydrogen-bond acceptors (Lipinski definition) is 3. The van der Waals surface area contributed by atoms with Crippen molar-refractivity contribution in [2.75, 3.05) is 5.32 Å². The number of hydrogen-bond donors (Lipinski definition) is 1. The van der Waals surface area contributed by atoms with Crippen LogP contribution < -0.4 is 10.9 Å². The first kappa shape index (κ1) is 13.4. The van der Waals surface area contributed by atoms with Crippen LogP contribution >= 0.6 is 11.6 Å². The first-order chi connectivity index (χ1) is 8.59. The van der Waals surface area contributed by atoms with Crippen LogP contribution in [0.3, 0.4) is 0 Å². The van der Waals surface area contributed by atoms with Crippen molar-refractivity contribution in [3.8, 4) is 0 Å². The van der Waals surface area contributed by atoms with Gasteiger partial charge >= 0.3 is 0 Å². The summed E-state index contributed by atoms with van der Waals surface area (Å²) >= 11 is 6.13. The fourth-order valence-corrected chi connectivity index (χ4v) is 2.57. The molecule has 5 heteroatoms. The molecule has 0 aromatic carbocycles. The van der Waals surface area contributed by atoms with Gasteiger partial charge in [0.2, 0.25) is 0 Å². The molecule has 0 bridgehead atoms. The van der Waals surface area contributed by atoms with Crippen LogP contribution in [-0.4, -0.2) is 15.8 Å². The van der Waals surface area contributed by atoms with Crippen LogP contribution in [-0.2, 0) is 0 Å². The summed E-state index contributed by atoms with van der Waals surface area (Å²) < 4.78 is 1.41. The maximum atomic E-state index is 12.0. The summed E-state index contributed by atoms with van der Waals surface area (Å²) in [6.07, 6.45) is 7.74. The number of rotatable bonds is 3. The van der Waals surface area contributed by atoms with Crippen LogP contribution in [0.1, 0.15) is 52.0 Å². The van der Waals surface area contributed by atoms with E-state index in [0.29, 0.717) is 11.7 Å². The van der Waals surface area contributed by atoms with Crippen molar-refractivity contribution in [3.05, 3.63) is 21.6 Å². The van der Waals surface area contributed by atoms with E-state index in [1.807, 2.05) is 13.8 Å². The summed E-state index contributed by atoms with van der Waals surface area (Å²) in [5, 5.41) is 7.76. The smallest absolute Gasteiger partial charge is 0.287 e. The van der Waals surface area contributed by atoms with E-state index in [9.17, 15) is 4.79 Å². The van der Waals surface area contributed by atoms with Gasteiger partial charge in [-0.05, 0) is 26.7 Å². The number of nitrogens with one attached hydrogen (secondary N) is 1. The number of anilines is 1. The van der Waals surface area contributed by atoms with Gasteiger partial charge in [0.1, 0.15) is 5.02 Å². The lowest BCUT2D eigenvalue weighted by atomic mass is 9.95. The molecule has 1 aromatic rings. The monoisotopic (exact) mass is 269 g/mol. The minimum absolute atomic E-state index is 0.0266. The van der Waals surface area contributed by atoms with Crippen molar-refractivity contribution in [3.63, 3.8) is 0 Å². The summed E-state index contributed by atoms with van der Waals surface area (Å²) in [5.41, 5.74) is 0.456. The summed E-state index contributed by atoms with van der Waals surface area (Å²) in [6.45, 7) is 3.83. The number of nitrogens with zero attached hydrogens (tertiary/aromatic N) is 2. The molecule has 0 aliphatic heterocycles. The standard InChI is InChI=1S/C13H20ClN3O/c1-9(2)17-13(18)12(14)11(8-15-17)16-10-6-4-3-5-7-10/h8-10,16H,3-7H2,1-2H3. The van der Waals surface area contributed by atoms with Gasteiger partial charge in [0, 0.05) is 6.04 Å². The Morgan fingerprint density at radius 1 is 1.39 bits per heavy atom. The lowest BCUT2D eigenvalue weighted by Crippen LogP contribution is -2.28. The zero-order valence-electron chi connectivity index (χ0n) is 10.9. The van der Waals surface area contributed by atoms with Crippen LogP contribution in [0.5, 0.6) is 0 Å². The summed E-state index contributed by atoms with van der Waals surface area (Å²) in [6, 6.07) is 0.450. The van der Waals surface area contributed by atoms with Crippen LogP contribution in [0, 0.1) is 0 Å². The average molecular weight is 270 g/mol. The molecule has 0 radical (unpaired) electrons. The molecule has 0 atom stereocenters. The molecule has 0 spiro atoms. The van der Waals surface area contributed by atoms with E-state index in [2.05, 4.69) is 10.4 Å². The van der Waals surface area contributed by atoms with E-state index in [0.717, 1.165) is 12.8 Å². The second-order valence-corrected chi connectivity index (χ2v) is 5.57. The van der Waals surface area contributed by atoms with Crippen molar-refractivity contribution < 1.29 is 0 Å². The Morgan fingerprint density at radius 3 is 2.67 bits per heavy atom. The Hall–Kier alpha value is -1.03. The Balaban J connectivity index is 2.19. The van der Waals surface area contributed by atoms with E-state index >= 15 is 0 Å². The fourth-order valence-electron chi connectivity index (χ4n) is 2.38. The molecular weight excluding hydrogens is 250 g/mol. The molecule has 1 saturated carbocycles. The maximum Gasteiger partial charge on any atom is 0.287 e. The van der Waals surface area contributed by atoms with Crippen molar-refractivity contribution in [1.82, 2.24) is 9.78 Å². The Morgan fingerprint density at radius 2 is 2.06 bits per heavy atom. The minimum Gasteiger partial charge on any atom is -0.380 e. The zero-order chi connectivity index (χ0) is 13.1. The van der Waals surface area contributed by atoms with Crippen LogP contribution in [0.4, 0.5) is 5.69 Å². The van der Waals surface area contributed by atoms with E-state index in [1.54, 1.807) is 6.20 Å². The summed E-state index contributed by atoms with van der Waals surface area (Å²) in [4.78, 5) is 12.0. The van der Waals surface area contributed by atoms with E-state index in [-0.39, 0.29) is 16.6 Å². The highest BCUT2D eigenvalue weighted by Crippen LogP contribution is 2.24. The van der Waals surface area contributed by atoms with Gasteiger partial charge in [-0.25, -0.2) is 4.68 Å². The molecule has 1 aliphatic rings. The molecule has 1 heterocycles. The van der Waals surface area contributed by atoms with E-state index < -0.39 is 0 Å². The van der Waals surface area contributed by atoms with Gasteiger partial charge in [-0.2, -0.15) is 5.10 Å². The maximum absolute atomic E-state index is 12.0. The normalized spacial score (nSPS) is 17.1. The highest BCUT2D eigenvalue weighted by atomic mass is 35.5. The third-order valence-corrected chi connectivity index (χ3v) is 3.76. The van der Waals surface area contributed by atoms with Gasteiger partial charge in [-0.3, -0.25) is 4.79 Å². The highest BCUT2D eigenvalue weighted by molar-refractivity contribution is 6.32. The SMILES string of the molecule is CC(C)n1ncc(NC2CCCCC2)c(Cl)c1=O. The van der Waals surface area contributed by atoms with Crippen molar-refractivity contribution in [1.29, 1.82) is 0 Å². The van der Waals surface area contributed by atoms with Crippen LogP contribution in [0.2, 0.25) is 5.02 Å². The van der Waals surface area contributed by atoms with E-state index in [4.69, 9.17) is 11.6 Å². The van der Waals surface area contributed by atoms with Gasteiger partial charge in [0.15, 0.2) is 0 Å². The predicted molar refractivity (Wildman–Crippen MR) is 74.4 cm³/mol. The molecule has 1 fully saturated rings. The molecule has 1 aromatic heterocycles. The highest BCUT2D eigenvalue weighted by Gasteiger charge is 2.17. The molecule has 1 aliphatic carbocycles. The predicted octanol–water partition coefficient (Wildman–Crippen LogP) is 3.22. The van der Waals surface area contributed by atoms with Gasteiger partial charge in [-0.1, -0.05) is 30.9 Å². The van der Waals surface area contributed by atoms with Gasteiger partial charge < -0.3 is 5.32 Å². The Kier molecular flexibility index (Phi) is 4.27. The lowest BCUT2D eigenvalue weighted by molar-refractivity contribution is 0.461. The molecule has 1 N–H and O–H groups in total. The van der Waals surface area contributed by atoms with Crippen molar-refractivity contribution in [2.45, 2.75) is 58.0 Å². The molecule has 0 unspecified atom stereocenters. The Labute approximate surface area is 112 Å². The largest absolute Gasteiger partial charge is 0.380 e. The molecule has 2 rings (SSSR count). The van der Waals surface area contributed by atoms with E-state index in [1.165, 1.54) is 23.9 Å². The zero-order valence-corrected chi connectivity index (χ0v) is 11.7. The van der Waals surface area contributed by atoms with Gasteiger partial charge in [0.25, 0.3) is 5.56 Å². The third kappa shape index (κ3) is 2.86. The first-order valence-corrected chi connectivity index (χ1v) is 7.01. The fraction of sp³-hybridized carbons (Fsp3) is 0.692. The first-order valence-electron chi connectivity index (χ1n) is 6.63. The molecule has 4 nitrogen and oxygen atoms in total. The molecule has 0 amide bonds. The van der Waals surface area contributed by atoms with Crippen LogP contribution in [0.15, 0.2) is 11.0 Å². The molecule has 18 heavy (non-hydrogen) atoms. The minimum atomic E-state index is -0.215. The van der Waals surface area contributed by atoms with Crippen molar-refractivity contribution >= 4 is 17.3 Å². The summed E-state index contributed by atoms with van der Waals surface area (Å²) in [5.74, 6) is 0. The molecule has 0 saturated heterocycles. The third-order valence-electron chi connectivity index (χ3n) is 3.40. The summed E-state index contributed by atoms with van der Waals surface area (Å²) in [7, 11) is 0. The molecular formula is C13H20ClN3O. The lowest BCUT2D eigenvalue weighted by Gasteiger charge is -2.24. The quantitative estimate of drug-likeness (QED) is 0.916. The number of aromatic nitrogens is 2. The second-order valence-electron chi connectivity index (χ2n) is 5.19. The Bertz CT molecular complexity index is 464. The van der Waals surface area contributed by atoms with Gasteiger partial charge in [0.05, 0.1) is 17.9 Å². The topological polar surface area (TPSA) is 46.9 Å². The van der Waals surface area contributed by atoms with Crippen molar-refractivity contribution in [2.24, 2.45) is 0 Å².